The van der Waals surface area contributed by atoms with Gasteiger partial charge in [0.2, 0.25) is 0 Å². The number of nitrogens with zero attached hydrogens (tertiary/aromatic N) is 4. The van der Waals surface area contributed by atoms with Gasteiger partial charge in [0, 0.05) is 30.4 Å². The Morgan fingerprint density at radius 1 is 1.18 bits per heavy atom. The summed E-state index contributed by atoms with van der Waals surface area (Å²) in [5.74, 6) is 2.28. The molecule has 6 nitrogen and oxygen atoms in total. The van der Waals surface area contributed by atoms with E-state index in [0.29, 0.717) is 5.82 Å². The summed E-state index contributed by atoms with van der Waals surface area (Å²) in [6.45, 7) is 4.11. The molecule has 0 aliphatic carbocycles. The summed E-state index contributed by atoms with van der Waals surface area (Å²) >= 11 is 0. The Morgan fingerprint density at radius 3 is 2.77 bits per heavy atom. The van der Waals surface area contributed by atoms with Crippen molar-refractivity contribution in [2.75, 3.05) is 5.32 Å². The van der Waals surface area contributed by atoms with Crippen LogP contribution in [-0.4, -0.2) is 24.9 Å². The van der Waals surface area contributed by atoms with Crippen molar-refractivity contribution in [1.82, 2.24) is 24.9 Å². The van der Waals surface area contributed by atoms with Crippen LogP contribution in [0.3, 0.4) is 0 Å². The van der Waals surface area contributed by atoms with Crippen molar-refractivity contribution >= 4 is 5.82 Å². The van der Waals surface area contributed by atoms with E-state index in [0.717, 1.165) is 29.5 Å². The fourth-order valence-corrected chi connectivity index (χ4v) is 2.17. The molecular weight excluding hydrogens is 276 g/mol. The number of anilines is 1. The highest BCUT2D eigenvalue weighted by molar-refractivity contribution is 5.53. The number of hydrogen-bond acceptors (Lipinski definition) is 5. The zero-order valence-electron chi connectivity index (χ0n) is 12.6. The number of hydrogen-bond donors (Lipinski definition) is 2. The zero-order valence-corrected chi connectivity index (χ0v) is 12.6. The number of aromatic amines is 1. The predicted octanol–water partition coefficient (Wildman–Crippen LogP) is 3.00. The molecule has 0 saturated heterocycles. The van der Waals surface area contributed by atoms with Gasteiger partial charge in [-0.15, -0.1) is 0 Å². The third-order valence-electron chi connectivity index (χ3n) is 3.33. The standard InChI is InChI=1S/C16H18N6/c1-3-12-10-14(20-11(2)15-18-8-9-19-15)22-16(21-12)13-6-4-5-7-17-13/h4-11H,3H2,1-2H3,(H,18,19)(H,20,21,22)/t11-/m0/s1. The fourth-order valence-electron chi connectivity index (χ4n) is 2.17. The van der Waals surface area contributed by atoms with E-state index in [1.807, 2.05) is 37.4 Å². The Kier molecular flexibility index (Phi) is 4.09. The van der Waals surface area contributed by atoms with Gasteiger partial charge in [-0.3, -0.25) is 4.98 Å². The molecule has 0 aliphatic heterocycles. The topological polar surface area (TPSA) is 79.4 Å². The molecule has 112 valence electrons. The maximum atomic E-state index is 4.58. The fraction of sp³-hybridized carbons (Fsp3) is 0.250. The van der Waals surface area contributed by atoms with E-state index < -0.39 is 0 Å². The van der Waals surface area contributed by atoms with Crippen molar-refractivity contribution in [2.24, 2.45) is 0 Å². The molecule has 22 heavy (non-hydrogen) atoms. The van der Waals surface area contributed by atoms with Crippen LogP contribution in [0, 0.1) is 0 Å². The molecule has 3 heterocycles. The van der Waals surface area contributed by atoms with E-state index in [2.05, 4.69) is 37.2 Å². The Hall–Kier alpha value is -2.76. The first-order valence-corrected chi connectivity index (χ1v) is 7.31. The van der Waals surface area contributed by atoms with Gasteiger partial charge in [0.25, 0.3) is 0 Å². The van der Waals surface area contributed by atoms with Gasteiger partial charge >= 0.3 is 0 Å². The van der Waals surface area contributed by atoms with Crippen molar-refractivity contribution in [3.05, 3.63) is 54.4 Å². The zero-order chi connectivity index (χ0) is 15.4. The van der Waals surface area contributed by atoms with Gasteiger partial charge < -0.3 is 10.3 Å². The number of rotatable bonds is 5. The summed E-state index contributed by atoms with van der Waals surface area (Å²) in [4.78, 5) is 20.8. The molecule has 2 N–H and O–H groups in total. The lowest BCUT2D eigenvalue weighted by atomic mass is 10.2. The van der Waals surface area contributed by atoms with Crippen molar-refractivity contribution < 1.29 is 0 Å². The van der Waals surface area contributed by atoms with Crippen LogP contribution in [0.4, 0.5) is 5.82 Å². The molecule has 0 spiro atoms. The summed E-state index contributed by atoms with van der Waals surface area (Å²) < 4.78 is 0. The van der Waals surface area contributed by atoms with E-state index in [-0.39, 0.29) is 6.04 Å². The molecule has 3 aromatic heterocycles. The minimum absolute atomic E-state index is 0.0335. The smallest absolute Gasteiger partial charge is 0.180 e. The molecule has 0 radical (unpaired) electrons. The highest BCUT2D eigenvalue weighted by Gasteiger charge is 2.11. The highest BCUT2D eigenvalue weighted by Crippen LogP contribution is 2.19. The number of nitrogens with one attached hydrogen (secondary N) is 2. The average Bonchev–Trinajstić information content (AvgIpc) is 3.10. The third-order valence-corrected chi connectivity index (χ3v) is 3.33. The summed E-state index contributed by atoms with van der Waals surface area (Å²) in [6.07, 6.45) is 6.14. The lowest BCUT2D eigenvalue weighted by Crippen LogP contribution is -2.11. The van der Waals surface area contributed by atoms with E-state index >= 15 is 0 Å². The van der Waals surface area contributed by atoms with Crippen LogP contribution in [0.5, 0.6) is 0 Å². The van der Waals surface area contributed by atoms with Crippen LogP contribution in [0.2, 0.25) is 0 Å². The summed E-state index contributed by atoms with van der Waals surface area (Å²) in [6, 6.07) is 7.72. The molecule has 3 rings (SSSR count). The van der Waals surface area contributed by atoms with Crippen LogP contribution in [0.25, 0.3) is 11.5 Å². The Bertz CT molecular complexity index is 724. The Labute approximate surface area is 129 Å². The molecule has 0 aromatic carbocycles. The van der Waals surface area contributed by atoms with Gasteiger partial charge in [-0.05, 0) is 25.5 Å². The van der Waals surface area contributed by atoms with Gasteiger partial charge in [-0.2, -0.15) is 0 Å². The SMILES string of the molecule is CCc1cc(N[C@@H](C)c2ncc[nH]2)nc(-c2ccccn2)n1. The maximum Gasteiger partial charge on any atom is 0.180 e. The molecule has 0 unspecified atom stereocenters. The number of imidazole rings is 1. The molecule has 0 fully saturated rings. The molecule has 6 heteroatoms. The first-order chi connectivity index (χ1) is 10.8. The molecule has 1 atom stereocenters. The predicted molar refractivity (Wildman–Crippen MR) is 85.3 cm³/mol. The van der Waals surface area contributed by atoms with Gasteiger partial charge in [0.05, 0.1) is 6.04 Å². The molecule has 0 saturated carbocycles. The first-order valence-electron chi connectivity index (χ1n) is 7.31. The summed E-state index contributed by atoms with van der Waals surface area (Å²) in [5, 5.41) is 3.36. The van der Waals surface area contributed by atoms with Crippen LogP contribution < -0.4 is 5.32 Å². The largest absolute Gasteiger partial charge is 0.360 e. The normalized spacial score (nSPS) is 12.1. The lowest BCUT2D eigenvalue weighted by Gasteiger charge is -2.13. The molecule has 0 amide bonds. The number of aromatic nitrogens is 5. The van der Waals surface area contributed by atoms with E-state index in [1.165, 1.54) is 0 Å². The van der Waals surface area contributed by atoms with Gasteiger partial charge in [-0.25, -0.2) is 15.0 Å². The van der Waals surface area contributed by atoms with Crippen LogP contribution in [0.1, 0.15) is 31.4 Å². The molecular formula is C16H18N6. The second-order valence-corrected chi connectivity index (χ2v) is 4.98. The van der Waals surface area contributed by atoms with Crippen LogP contribution >= 0.6 is 0 Å². The Balaban J connectivity index is 1.91. The van der Waals surface area contributed by atoms with Crippen molar-refractivity contribution in [1.29, 1.82) is 0 Å². The number of H-pyrrole nitrogens is 1. The monoisotopic (exact) mass is 294 g/mol. The highest BCUT2D eigenvalue weighted by atomic mass is 15.1. The molecule has 3 aromatic rings. The van der Waals surface area contributed by atoms with Crippen LogP contribution in [-0.2, 0) is 6.42 Å². The maximum absolute atomic E-state index is 4.58. The summed E-state index contributed by atoms with van der Waals surface area (Å²) in [7, 11) is 0. The Morgan fingerprint density at radius 2 is 2.09 bits per heavy atom. The quantitative estimate of drug-likeness (QED) is 0.756. The van der Waals surface area contributed by atoms with Crippen molar-refractivity contribution in [2.45, 2.75) is 26.3 Å². The third kappa shape index (κ3) is 3.11. The number of aryl methyl sites for hydroxylation is 1. The van der Waals surface area contributed by atoms with Crippen molar-refractivity contribution in [3.63, 3.8) is 0 Å². The first kappa shape index (κ1) is 14.2. The second kappa shape index (κ2) is 6.34. The minimum Gasteiger partial charge on any atom is -0.360 e. The molecule has 0 bridgehead atoms. The average molecular weight is 294 g/mol. The van der Waals surface area contributed by atoms with Gasteiger partial charge in [-0.1, -0.05) is 13.0 Å². The second-order valence-electron chi connectivity index (χ2n) is 4.98. The lowest BCUT2D eigenvalue weighted by molar-refractivity contribution is 0.801. The van der Waals surface area contributed by atoms with Gasteiger partial charge in [0.1, 0.15) is 17.3 Å². The van der Waals surface area contributed by atoms with E-state index in [4.69, 9.17) is 0 Å². The van der Waals surface area contributed by atoms with E-state index in [9.17, 15) is 0 Å². The molecule has 0 aliphatic rings. The van der Waals surface area contributed by atoms with Crippen molar-refractivity contribution in [3.8, 4) is 11.5 Å². The minimum atomic E-state index is 0.0335. The van der Waals surface area contributed by atoms with Gasteiger partial charge in [0.15, 0.2) is 5.82 Å². The summed E-state index contributed by atoms with van der Waals surface area (Å²) in [5.41, 5.74) is 1.75. The van der Waals surface area contributed by atoms with Crippen LogP contribution in [0.15, 0.2) is 42.9 Å². The number of pyridine rings is 1. The van der Waals surface area contributed by atoms with E-state index in [1.54, 1.807) is 12.4 Å².